The van der Waals surface area contributed by atoms with Crippen molar-refractivity contribution in [2.24, 2.45) is 0 Å². The van der Waals surface area contributed by atoms with Crippen molar-refractivity contribution >= 4 is 35.5 Å². The molecule has 1 aromatic heterocycles. The highest BCUT2D eigenvalue weighted by Gasteiger charge is 2.14. The molecule has 0 amide bonds. The smallest absolute Gasteiger partial charge is 0.379 e. The van der Waals surface area contributed by atoms with Gasteiger partial charge in [0, 0.05) is 6.07 Å². The van der Waals surface area contributed by atoms with E-state index in [1.54, 1.807) is 0 Å². The molecule has 0 aliphatic rings. The van der Waals surface area contributed by atoms with Gasteiger partial charge in [0.2, 0.25) is 5.76 Å². The summed E-state index contributed by atoms with van der Waals surface area (Å²) in [6.45, 7) is 0. The Morgan fingerprint density at radius 3 is 2.56 bits per heavy atom. The summed E-state index contributed by atoms with van der Waals surface area (Å²) in [5.74, 6) is -0.501. The van der Waals surface area contributed by atoms with E-state index < -0.39 is 5.97 Å². The lowest BCUT2D eigenvalue weighted by atomic mass is 10.3. The average Bonchev–Trinajstić information content (AvgIpc) is 2.82. The number of rotatable bonds is 3. The van der Waals surface area contributed by atoms with Gasteiger partial charge in [0.25, 0.3) is 0 Å². The molecule has 2 rings (SSSR count). The topological polar surface area (TPSA) is 56.5 Å². The first-order chi connectivity index (χ1) is 8.60. The zero-order chi connectivity index (χ0) is 13.1. The number of esters is 1. The Bertz CT molecular complexity index is 604. The third kappa shape index (κ3) is 2.72. The SMILES string of the molecule is O=Cc1ccc(C(=O)Oc2ccc(Cl)c(Cl)c2)o1. The molecule has 1 heterocycles. The first-order valence-electron chi connectivity index (χ1n) is 4.82. The molecule has 0 N–H and O–H groups in total. The molecule has 18 heavy (non-hydrogen) atoms. The zero-order valence-corrected chi connectivity index (χ0v) is 10.4. The minimum atomic E-state index is -0.721. The molecule has 92 valence electrons. The van der Waals surface area contributed by atoms with Crippen LogP contribution in [0.3, 0.4) is 0 Å². The molecule has 0 bridgehead atoms. The Balaban J connectivity index is 2.15. The number of carbonyl (C=O) groups excluding carboxylic acids is 2. The number of halogens is 2. The number of furan rings is 1. The largest absolute Gasteiger partial charge is 0.446 e. The highest BCUT2D eigenvalue weighted by molar-refractivity contribution is 6.42. The molecule has 1 aromatic carbocycles. The molecule has 0 radical (unpaired) electrons. The van der Waals surface area contributed by atoms with Gasteiger partial charge in [0.1, 0.15) is 5.75 Å². The van der Waals surface area contributed by atoms with Crippen molar-refractivity contribution < 1.29 is 18.7 Å². The number of ether oxygens (including phenoxy) is 1. The van der Waals surface area contributed by atoms with Crippen LogP contribution in [0.25, 0.3) is 0 Å². The maximum atomic E-state index is 11.6. The standard InChI is InChI=1S/C12H6Cl2O4/c13-9-3-1-7(5-10(9)14)18-12(16)11-4-2-8(6-15)17-11/h1-6H. The Kier molecular flexibility index (Phi) is 3.69. The van der Waals surface area contributed by atoms with Crippen LogP contribution in [0.5, 0.6) is 5.75 Å². The molecule has 0 aliphatic carbocycles. The molecular weight excluding hydrogens is 279 g/mol. The van der Waals surface area contributed by atoms with Crippen molar-refractivity contribution in [2.45, 2.75) is 0 Å². The van der Waals surface area contributed by atoms with Gasteiger partial charge in [0.05, 0.1) is 10.0 Å². The summed E-state index contributed by atoms with van der Waals surface area (Å²) in [4.78, 5) is 22.0. The quantitative estimate of drug-likeness (QED) is 0.491. The van der Waals surface area contributed by atoms with Gasteiger partial charge in [-0.2, -0.15) is 0 Å². The maximum Gasteiger partial charge on any atom is 0.379 e. The second-order valence-corrected chi connectivity index (χ2v) is 4.10. The summed E-state index contributed by atoms with van der Waals surface area (Å²) in [6, 6.07) is 7.13. The summed E-state index contributed by atoms with van der Waals surface area (Å²) in [6.07, 6.45) is 0.496. The van der Waals surface area contributed by atoms with Crippen LogP contribution < -0.4 is 4.74 Å². The lowest BCUT2D eigenvalue weighted by Gasteiger charge is -2.03. The van der Waals surface area contributed by atoms with Crippen LogP contribution in [0, 0.1) is 0 Å². The fourth-order valence-electron chi connectivity index (χ4n) is 1.22. The lowest BCUT2D eigenvalue weighted by molar-refractivity contribution is 0.0700. The van der Waals surface area contributed by atoms with Gasteiger partial charge in [0.15, 0.2) is 12.0 Å². The first-order valence-corrected chi connectivity index (χ1v) is 5.58. The summed E-state index contributed by atoms with van der Waals surface area (Å²) < 4.78 is 9.92. The van der Waals surface area contributed by atoms with Crippen molar-refractivity contribution in [1.82, 2.24) is 0 Å². The van der Waals surface area contributed by atoms with E-state index in [9.17, 15) is 9.59 Å². The predicted octanol–water partition coefficient (Wildman–Crippen LogP) is 3.62. The van der Waals surface area contributed by atoms with Crippen LogP contribution in [0.1, 0.15) is 21.1 Å². The maximum absolute atomic E-state index is 11.6. The van der Waals surface area contributed by atoms with E-state index in [1.807, 2.05) is 0 Å². The Morgan fingerprint density at radius 1 is 1.17 bits per heavy atom. The number of benzene rings is 1. The van der Waals surface area contributed by atoms with Crippen LogP contribution in [0.2, 0.25) is 10.0 Å². The third-order valence-corrected chi connectivity index (χ3v) is 2.78. The van der Waals surface area contributed by atoms with E-state index in [0.29, 0.717) is 11.3 Å². The molecule has 0 saturated heterocycles. The van der Waals surface area contributed by atoms with Gasteiger partial charge in [-0.05, 0) is 24.3 Å². The predicted molar refractivity (Wildman–Crippen MR) is 65.5 cm³/mol. The highest BCUT2D eigenvalue weighted by atomic mass is 35.5. The molecule has 2 aromatic rings. The van der Waals surface area contributed by atoms with Crippen LogP contribution in [-0.4, -0.2) is 12.3 Å². The summed E-state index contributed by atoms with van der Waals surface area (Å²) in [5, 5.41) is 0.632. The molecule has 0 aliphatic heterocycles. The Hall–Kier alpha value is -1.78. The molecule has 4 nitrogen and oxygen atoms in total. The van der Waals surface area contributed by atoms with Crippen LogP contribution in [0.4, 0.5) is 0 Å². The number of hydrogen-bond donors (Lipinski definition) is 0. The highest BCUT2D eigenvalue weighted by Crippen LogP contribution is 2.26. The summed E-state index contributed by atoms with van der Waals surface area (Å²) in [7, 11) is 0. The molecule has 0 unspecified atom stereocenters. The van der Waals surface area contributed by atoms with E-state index in [0.717, 1.165) is 0 Å². The monoisotopic (exact) mass is 284 g/mol. The second kappa shape index (κ2) is 5.25. The van der Waals surface area contributed by atoms with Gasteiger partial charge in [-0.1, -0.05) is 23.2 Å². The van der Waals surface area contributed by atoms with Crippen LogP contribution in [0.15, 0.2) is 34.7 Å². The van der Waals surface area contributed by atoms with E-state index in [2.05, 4.69) is 0 Å². The molecular formula is C12H6Cl2O4. The van der Waals surface area contributed by atoms with Gasteiger partial charge in [-0.15, -0.1) is 0 Å². The summed E-state index contributed by atoms with van der Waals surface area (Å²) >= 11 is 11.5. The fourth-order valence-corrected chi connectivity index (χ4v) is 1.51. The van der Waals surface area contributed by atoms with Crippen LogP contribution in [-0.2, 0) is 0 Å². The van der Waals surface area contributed by atoms with Crippen molar-refractivity contribution in [3.05, 3.63) is 51.9 Å². The van der Waals surface area contributed by atoms with E-state index >= 15 is 0 Å². The first kappa shape index (κ1) is 12.7. The lowest BCUT2D eigenvalue weighted by Crippen LogP contribution is -2.07. The van der Waals surface area contributed by atoms with Crippen LogP contribution >= 0.6 is 23.2 Å². The van der Waals surface area contributed by atoms with Crippen molar-refractivity contribution in [3.63, 3.8) is 0 Å². The van der Waals surface area contributed by atoms with E-state index in [-0.39, 0.29) is 22.3 Å². The Labute approximate surface area is 112 Å². The third-order valence-electron chi connectivity index (χ3n) is 2.05. The number of aldehydes is 1. The van der Waals surface area contributed by atoms with Gasteiger partial charge in [-0.25, -0.2) is 4.79 Å². The number of hydrogen-bond acceptors (Lipinski definition) is 4. The van der Waals surface area contributed by atoms with E-state index in [4.69, 9.17) is 32.4 Å². The molecule has 0 fully saturated rings. The Morgan fingerprint density at radius 2 is 1.94 bits per heavy atom. The molecule has 0 atom stereocenters. The fraction of sp³-hybridized carbons (Fsp3) is 0. The van der Waals surface area contributed by atoms with Gasteiger partial charge >= 0.3 is 5.97 Å². The zero-order valence-electron chi connectivity index (χ0n) is 8.85. The van der Waals surface area contributed by atoms with Gasteiger partial charge in [-0.3, -0.25) is 4.79 Å². The van der Waals surface area contributed by atoms with E-state index in [1.165, 1.54) is 30.3 Å². The van der Waals surface area contributed by atoms with Gasteiger partial charge < -0.3 is 9.15 Å². The number of carbonyl (C=O) groups is 2. The molecule has 6 heteroatoms. The minimum Gasteiger partial charge on any atom is -0.446 e. The molecule has 0 spiro atoms. The minimum absolute atomic E-state index is 0.0519. The van der Waals surface area contributed by atoms with Crippen molar-refractivity contribution in [2.75, 3.05) is 0 Å². The average molecular weight is 285 g/mol. The van der Waals surface area contributed by atoms with Crippen molar-refractivity contribution in [1.29, 1.82) is 0 Å². The summed E-state index contributed by atoms with van der Waals surface area (Å²) in [5.41, 5.74) is 0. The normalized spacial score (nSPS) is 10.1. The molecule has 0 saturated carbocycles. The van der Waals surface area contributed by atoms with Crippen molar-refractivity contribution in [3.8, 4) is 5.75 Å². The second-order valence-electron chi connectivity index (χ2n) is 3.29.